The second-order valence-electron chi connectivity index (χ2n) is 3.12. The Bertz CT molecular complexity index is 549. The molecule has 0 atom stereocenters. The van der Waals surface area contributed by atoms with Crippen LogP contribution in [0.25, 0.3) is 0 Å². The van der Waals surface area contributed by atoms with Gasteiger partial charge in [-0.3, -0.25) is 0 Å². The summed E-state index contributed by atoms with van der Waals surface area (Å²) < 4.78 is 23.9. The van der Waals surface area contributed by atoms with E-state index in [2.05, 4.69) is 0 Å². The first-order valence-corrected chi connectivity index (χ1v) is 6.60. The van der Waals surface area contributed by atoms with E-state index in [0.717, 1.165) is 11.3 Å². The summed E-state index contributed by atoms with van der Waals surface area (Å²) in [5.74, 6) is -2.16. The first-order valence-electron chi connectivity index (χ1n) is 4.77. The average Bonchev–Trinajstić information content (AvgIpc) is 3.01. The van der Waals surface area contributed by atoms with Crippen LogP contribution in [0.2, 0.25) is 0 Å². The highest BCUT2D eigenvalue weighted by Crippen LogP contribution is 2.27. The number of carboxylic acids is 2. The van der Waals surface area contributed by atoms with Crippen molar-refractivity contribution >= 4 is 34.6 Å². The van der Waals surface area contributed by atoms with E-state index in [9.17, 15) is 18.4 Å². The summed E-state index contributed by atoms with van der Waals surface area (Å²) in [6, 6.07) is 2.75. The summed E-state index contributed by atoms with van der Waals surface area (Å²) in [6.07, 6.45) is -2.69. The number of thiophene rings is 2. The Kier molecular flexibility index (Phi) is 5.58. The molecule has 2 aromatic heterocycles. The van der Waals surface area contributed by atoms with Gasteiger partial charge < -0.3 is 10.2 Å². The lowest BCUT2D eigenvalue weighted by Crippen LogP contribution is -1.97. The summed E-state index contributed by atoms with van der Waals surface area (Å²) >= 11 is 2.14. The van der Waals surface area contributed by atoms with Crippen molar-refractivity contribution in [3.63, 3.8) is 0 Å². The van der Waals surface area contributed by atoms with Crippen molar-refractivity contribution in [2.24, 2.45) is 0 Å². The quantitative estimate of drug-likeness (QED) is 0.903. The van der Waals surface area contributed by atoms with Gasteiger partial charge in [-0.1, -0.05) is 0 Å². The molecule has 0 radical (unpaired) electrons. The Balaban J connectivity index is 0.000000200. The smallest absolute Gasteiger partial charge is 0.337 e. The predicted molar refractivity (Wildman–Crippen MR) is 67.5 cm³/mol. The molecule has 2 heterocycles. The Morgan fingerprint density at radius 3 is 2.11 bits per heavy atom. The molecule has 0 amide bonds. The van der Waals surface area contributed by atoms with Gasteiger partial charge >= 0.3 is 11.9 Å². The number of hydrogen-bond donors (Lipinski definition) is 2. The Hall–Kier alpha value is -1.80. The molecule has 0 aromatic carbocycles. The zero-order valence-electron chi connectivity index (χ0n) is 9.25. The zero-order valence-corrected chi connectivity index (χ0v) is 10.9. The maximum Gasteiger partial charge on any atom is 0.337 e. The van der Waals surface area contributed by atoms with E-state index < -0.39 is 18.4 Å². The lowest BCUT2D eigenvalue weighted by molar-refractivity contribution is 0.0681. The first kappa shape index (κ1) is 15.3. The monoisotopic (exact) mass is 306 g/mol. The SMILES string of the molecule is O=C(O)c1ccsc1.O=C(O)c1ccsc1C(F)F. The Labute approximate surface area is 114 Å². The van der Waals surface area contributed by atoms with Gasteiger partial charge in [-0.25, -0.2) is 18.4 Å². The fourth-order valence-corrected chi connectivity index (χ4v) is 2.42. The van der Waals surface area contributed by atoms with Gasteiger partial charge in [0.15, 0.2) is 0 Å². The first-order chi connectivity index (χ1) is 8.93. The van der Waals surface area contributed by atoms with Crippen molar-refractivity contribution in [2.45, 2.75) is 6.43 Å². The van der Waals surface area contributed by atoms with Gasteiger partial charge in [0.05, 0.1) is 16.0 Å². The normalized spacial score (nSPS) is 9.84. The molecule has 0 aliphatic heterocycles. The summed E-state index contributed by atoms with van der Waals surface area (Å²) in [7, 11) is 0. The molecule has 19 heavy (non-hydrogen) atoms. The molecule has 0 unspecified atom stereocenters. The minimum Gasteiger partial charge on any atom is -0.478 e. The van der Waals surface area contributed by atoms with Crippen LogP contribution in [0, 0.1) is 0 Å². The molecular formula is C11H8F2O4S2. The second kappa shape index (κ2) is 6.95. The van der Waals surface area contributed by atoms with Crippen molar-refractivity contribution in [2.75, 3.05) is 0 Å². The standard InChI is InChI=1S/C6H4F2O2S.C5H4O2S/c7-5(8)4-3(6(9)10)1-2-11-4;6-5(7)4-1-2-8-3-4/h1-2,5H,(H,9,10);1-3H,(H,6,7). The molecule has 2 rings (SSSR count). The highest BCUT2D eigenvalue weighted by atomic mass is 32.1. The number of alkyl halides is 2. The van der Waals surface area contributed by atoms with Gasteiger partial charge in [-0.2, -0.15) is 11.3 Å². The van der Waals surface area contributed by atoms with Crippen LogP contribution in [-0.2, 0) is 0 Å². The summed E-state index contributed by atoms with van der Waals surface area (Å²) in [4.78, 5) is 20.0. The van der Waals surface area contributed by atoms with Crippen molar-refractivity contribution in [3.05, 3.63) is 44.3 Å². The van der Waals surface area contributed by atoms with Crippen LogP contribution in [-0.4, -0.2) is 22.2 Å². The number of rotatable bonds is 3. The van der Waals surface area contributed by atoms with Crippen molar-refractivity contribution in [1.29, 1.82) is 0 Å². The van der Waals surface area contributed by atoms with E-state index in [1.54, 1.807) is 16.8 Å². The maximum atomic E-state index is 12.0. The van der Waals surface area contributed by atoms with Crippen molar-refractivity contribution in [1.82, 2.24) is 0 Å². The van der Waals surface area contributed by atoms with Crippen LogP contribution in [0.4, 0.5) is 8.78 Å². The molecule has 0 fully saturated rings. The zero-order chi connectivity index (χ0) is 14.4. The van der Waals surface area contributed by atoms with E-state index in [-0.39, 0.29) is 10.4 Å². The van der Waals surface area contributed by atoms with Gasteiger partial charge in [-0.05, 0) is 22.9 Å². The van der Waals surface area contributed by atoms with E-state index >= 15 is 0 Å². The fourth-order valence-electron chi connectivity index (χ4n) is 1.05. The topological polar surface area (TPSA) is 74.6 Å². The average molecular weight is 306 g/mol. The van der Waals surface area contributed by atoms with E-state index in [0.29, 0.717) is 5.56 Å². The van der Waals surface area contributed by atoms with Crippen LogP contribution in [0.1, 0.15) is 32.0 Å². The van der Waals surface area contributed by atoms with E-state index in [1.165, 1.54) is 22.8 Å². The second-order valence-corrected chi connectivity index (χ2v) is 4.85. The molecular weight excluding hydrogens is 298 g/mol. The molecule has 0 aliphatic carbocycles. The third kappa shape index (κ3) is 4.42. The molecule has 0 saturated heterocycles. The highest BCUT2D eigenvalue weighted by Gasteiger charge is 2.18. The number of halogens is 2. The van der Waals surface area contributed by atoms with Gasteiger partial charge in [0.25, 0.3) is 6.43 Å². The van der Waals surface area contributed by atoms with Crippen LogP contribution in [0.15, 0.2) is 28.3 Å². The summed E-state index contributed by atoms with van der Waals surface area (Å²) in [6.45, 7) is 0. The molecule has 8 heteroatoms. The highest BCUT2D eigenvalue weighted by molar-refractivity contribution is 7.10. The molecule has 2 N–H and O–H groups in total. The molecule has 0 aliphatic rings. The van der Waals surface area contributed by atoms with Gasteiger partial charge in [0.2, 0.25) is 0 Å². The predicted octanol–water partition coefficient (Wildman–Crippen LogP) is 3.83. The third-order valence-electron chi connectivity index (χ3n) is 1.89. The van der Waals surface area contributed by atoms with Crippen LogP contribution in [0.3, 0.4) is 0 Å². The van der Waals surface area contributed by atoms with E-state index in [4.69, 9.17) is 10.2 Å². The third-order valence-corrected chi connectivity index (χ3v) is 3.50. The Morgan fingerprint density at radius 1 is 1.11 bits per heavy atom. The van der Waals surface area contributed by atoms with Crippen LogP contribution < -0.4 is 0 Å². The molecule has 102 valence electrons. The van der Waals surface area contributed by atoms with Gasteiger partial charge in [-0.15, -0.1) is 11.3 Å². The van der Waals surface area contributed by atoms with Crippen LogP contribution >= 0.6 is 22.7 Å². The summed E-state index contributed by atoms with van der Waals surface area (Å²) in [5, 5.41) is 21.3. The minimum absolute atomic E-state index is 0.301. The van der Waals surface area contributed by atoms with Gasteiger partial charge in [0, 0.05) is 5.38 Å². The Morgan fingerprint density at radius 2 is 1.79 bits per heavy atom. The fraction of sp³-hybridized carbons (Fsp3) is 0.0909. The number of aromatic carboxylic acids is 2. The number of hydrogen-bond acceptors (Lipinski definition) is 4. The maximum absolute atomic E-state index is 12.0. The molecule has 4 nitrogen and oxygen atoms in total. The molecule has 0 spiro atoms. The molecule has 2 aromatic rings. The van der Waals surface area contributed by atoms with Crippen molar-refractivity contribution < 1.29 is 28.6 Å². The molecule has 0 saturated carbocycles. The lowest BCUT2D eigenvalue weighted by Gasteiger charge is -1.95. The van der Waals surface area contributed by atoms with Crippen LogP contribution in [0.5, 0.6) is 0 Å². The largest absolute Gasteiger partial charge is 0.478 e. The summed E-state index contributed by atoms with van der Waals surface area (Å²) in [5.41, 5.74) is 0.0694. The van der Waals surface area contributed by atoms with E-state index in [1.807, 2.05) is 0 Å². The van der Waals surface area contributed by atoms with Gasteiger partial charge in [0.1, 0.15) is 0 Å². The number of carboxylic acid groups (broad SMARTS) is 2. The lowest BCUT2D eigenvalue weighted by atomic mass is 10.3. The minimum atomic E-state index is -2.69. The van der Waals surface area contributed by atoms with Crippen molar-refractivity contribution in [3.8, 4) is 0 Å². The number of carbonyl (C=O) groups is 2. The molecule has 0 bridgehead atoms.